The molecule has 0 heterocycles. The molecule has 0 aliphatic rings. The maximum Gasteiger partial charge on any atom is 0.335 e. The molecule has 2 nitrogen and oxygen atoms in total. The van der Waals surface area contributed by atoms with Gasteiger partial charge in [0.1, 0.15) is 0 Å². The fraction of sp³-hybridized carbons (Fsp3) is 0.188. The summed E-state index contributed by atoms with van der Waals surface area (Å²) >= 11 is 1.71. The average Bonchev–Trinajstić information content (AvgIpc) is 2.45. The first-order valence-corrected chi connectivity index (χ1v) is 7.24. The van der Waals surface area contributed by atoms with Crippen LogP contribution in [-0.4, -0.2) is 16.8 Å². The van der Waals surface area contributed by atoms with Crippen molar-refractivity contribution in [3.8, 4) is 0 Å². The Labute approximate surface area is 117 Å². The van der Waals surface area contributed by atoms with Gasteiger partial charge in [-0.1, -0.05) is 36.4 Å². The summed E-state index contributed by atoms with van der Waals surface area (Å²) in [5.74, 6) is 0.129. The van der Waals surface area contributed by atoms with Gasteiger partial charge < -0.3 is 5.11 Å². The SMILES string of the molecule is O=C(O)c1cccc(SCCCc2ccccc2)c1. The molecule has 0 bridgehead atoms. The van der Waals surface area contributed by atoms with E-state index in [0.29, 0.717) is 5.56 Å². The predicted octanol–water partition coefficient (Wildman–Crippen LogP) is 4.11. The summed E-state index contributed by atoms with van der Waals surface area (Å²) < 4.78 is 0. The van der Waals surface area contributed by atoms with E-state index in [0.717, 1.165) is 23.5 Å². The Hall–Kier alpha value is -1.74. The summed E-state index contributed by atoms with van der Waals surface area (Å²) in [7, 11) is 0. The Morgan fingerprint density at radius 2 is 1.84 bits per heavy atom. The standard InChI is InChI=1S/C16H16O2S/c17-16(18)14-9-4-10-15(12-14)19-11-5-8-13-6-2-1-3-7-13/h1-4,6-7,9-10,12H,5,8,11H2,(H,17,18). The number of aryl methyl sites for hydroxylation is 1. The average molecular weight is 272 g/mol. The largest absolute Gasteiger partial charge is 0.478 e. The smallest absolute Gasteiger partial charge is 0.335 e. The number of aromatic carboxylic acids is 1. The highest BCUT2D eigenvalue weighted by Gasteiger charge is 2.03. The molecule has 0 radical (unpaired) electrons. The third-order valence-corrected chi connectivity index (χ3v) is 3.88. The van der Waals surface area contributed by atoms with Crippen molar-refractivity contribution in [3.05, 3.63) is 65.7 Å². The summed E-state index contributed by atoms with van der Waals surface area (Å²) in [6.07, 6.45) is 2.15. The number of benzene rings is 2. The molecule has 0 aliphatic heterocycles. The topological polar surface area (TPSA) is 37.3 Å². The van der Waals surface area contributed by atoms with Crippen LogP contribution in [0.15, 0.2) is 59.5 Å². The van der Waals surface area contributed by atoms with Crippen LogP contribution in [0.1, 0.15) is 22.3 Å². The molecule has 0 fully saturated rings. The van der Waals surface area contributed by atoms with E-state index in [4.69, 9.17) is 5.11 Å². The minimum absolute atomic E-state index is 0.355. The first-order valence-electron chi connectivity index (χ1n) is 6.26. The van der Waals surface area contributed by atoms with E-state index in [-0.39, 0.29) is 0 Å². The molecule has 19 heavy (non-hydrogen) atoms. The molecule has 0 amide bonds. The molecule has 2 rings (SSSR count). The van der Waals surface area contributed by atoms with Crippen molar-refractivity contribution in [2.45, 2.75) is 17.7 Å². The van der Waals surface area contributed by atoms with Gasteiger partial charge in [-0.05, 0) is 42.4 Å². The molecule has 0 atom stereocenters. The lowest BCUT2D eigenvalue weighted by Gasteiger charge is -2.03. The first kappa shape index (κ1) is 13.7. The van der Waals surface area contributed by atoms with E-state index in [1.54, 1.807) is 30.0 Å². The minimum atomic E-state index is -0.869. The van der Waals surface area contributed by atoms with Gasteiger partial charge in [-0.15, -0.1) is 11.8 Å². The molecule has 1 N–H and O–H groups in total. The van der Waals surface area contributed by atoms with Crippen LogP contribution in [0.5, 0.6) is 0 Å². The van der Waals surface area contributed by atoms with Crippen LogP contribution >= 0.6 is 11.8 Å². The van der Waals surface area contributed by atoms with E-state index in [1.165, 1.54) is 5.56 Å². The summed E-state index contributed by atoms with van der Waals surface area (Å²) in [5, 5.41) is 8.92. The highest BCUT2D eigenvalue weighted by atomic mass is 32.2. The second kappa shape index (κ2) is 7.00. The van der Waals surface area contributed by atoms with Crippen LogP contribution < -0.4 is 0 Å². The Balaban J connectivity index is 1.80. The lowest BCUT2D eigenvalue weighted by Crippen LogP contribution is -1.95. The van der Waals surface area contributed by atoms with Crippen molar-refractivity contribution >= 4 is 17.7 Å². The fourth-order valence-corrected chi connectivity index (χ4v) is 2.74. The van der Waals surface area contributed by atoms with Crippen LogP contribution in [0.4, 0.5) is 0 Å². The Morgan fingerprint density at radius 3 is 2.58 bits per heavy atom. The molecule has 2 aromatic rings. The van der Waals surface area contributed by atoms with E-state index in [9.17, 15) is 4.79 Å². The van der Waals surface area contributed by atoms with Gasteiger partial charge in [0, 0.05) is 4.90 Å². The molecular weight excluding hydrogens is 256 g/mol. The quantitative estimate of drug-likeness (QED) is 0.635. The molecule has 0 spiro atoms. The molecule has 0 aliphatic carbocycles. The number of carboxylic acid groups (broad SMARTS) is 1. The van der Waals surface area contributed by atoms with E-state index in [2.05, 4.69) is 24.3 Å². The Kier molecular flexibility index (Phi) is 5.04. The van der Waals surface area contributed by atoms with Gasteiger partial charge in [-0.25, -0.2) is 4.79 Å². The zero-order valence-corrected chi connectivity index (χ0v) is 11.4. The van der Waals surface area contributed by atoms with Gasteiger partial charge in [0.25, 0.3) is 0 Å². The zero-order chi connectivity index (χ0) is 13.5. The Morgan fingerprint density at radius 1 is 1.05 bits per heavy atom. The van der Waals surface area contributed by atoms with Gasteiger partial charge in [0.05, 0.1) is 5.56 Å². The number of hydrogen-bond donors (Lipinski definition) is 1. The fourth-order valence-electron chi connectivity index (χ4n) is 1.83. The van der Waals surface area contributed by atoms with Gasteiger partial charge in [0.15, 0.2) is 0 Å². The van der Waals surface area contributed by atoms with Crippen LogP contribution in [0.2, 0.25) is 0 Å². The van der Waals surface area contributed by atoms with Gasteiger partial charge >= 0.3 is 5.97 Å². The third-order valence-electron chi connectivity index (χ3n) is 2.80. The molecule has 98 valence electrons. The molecule has 0 saturated carbocycles. The second-order valence-corrected chi connectivity index (χ2v) is 5.44. The van der Waals surface area contributed by atoms with Crippen molar-refractivity contribution in [1.82, 2.24) is 0 Å². The summed E-state index contributed by atoms with van der Waals surface area (Å²) in [4.78, 5) is 11.9. The van der Waals surface area contributed by atoms with Crippen LogP contribution in [0, 0.1) is 0 Å². The van der Waals surface area contributed by atoms with Gasteiger partial charge in [-0.2, -0.15) is 0 Å². The van der Waals surface area contributed by atoms with Crippen molar-refractivity contribution in [2.75, 3.05) is 5.75 Å². The number of thioether (sulfide) groups is 1. The van der Waals surface area contributed by atoms with Crippen molar-refractivity contribution in [2.24, 2.45) is 0 Å². The van der Waals surface area contributed by atoms with Crippen LogP contribution in [0.25, 0.3) is 0 Å². The lowest BCUT2D eigenvalue weighted by atomic mass is 10.1. The maximum atomic E-state index is 10.9. The van der Waals surface area contributed by atoms with E-state index < -0.39 is 5.97 Å². The van der Waals surface area contributed by atoms with Gasteiger partial charge in [0.2, 0.25) is 0 Å². The molecular formula is C16H16O2S. The van der Waals surface area contributed by atoms with Crippen molar-refractivity contribution < 1.29 is 9.90 Å². The van der Waals surface area contributed by atoms with Crippen molar-refractivity contribution in [1.29, 1.82) is 0 Å². The highest BCUT2D eigenvalue weighted by molar-refractivity contribution is 7.99. The summed E-state index contributed by atoms with van der Waals surface area (Å²) in [6, 6.07) is 17.5. The normalized spacial score (nSPS) is 10.3. The number of carbonyl (C=O) groups is 1. The molecule has 0 aromatic heterocycles. The Bertz CT molecular complexity index is 537. The summed E-state index contributed by atoms with van der Waals surface area (Å²) in [5.41, 5.74) is 1.70. The van der Waals surface area contributed by atoms with Crippen molar-refractivity contribution in [3.63, 3.8) is 0 Å². The minimum Gasteiger partial charge on any atom is -0.478 e. The van der Waals surface area contributed by atoms with E-state index >= 15 is 0 Å². The number of hydrogen-bond acceptors (Lipinski definition) is 2. The number of rotatable bonds is 6. The molecule has 0 unspecified atom stereocenters. The molecule has 3 heteroatoms. The molecule has 2 aromatic carbocycles. The second-order valence-electron chi connectivity index (χ2n) is 4.27. The first-order chi connectivity index (χ1) is 9.25. The number of carboxylic acids is 1. The third kappa shape index (κ3) is 4.45. The molecule has 0 saturated heterocycles. The van der Waals surface area contributed by atoms with E-state index in [1.807, 2.05) is 12.1 Å². The van der Waals surface area contributed by atoms with Crippen LogP contribution in [-0.2, 0) is 6.42 Å². The lowest BCUT2D eigenvalue weighted by molar-refractivity contribution is 0.0696. The predicted molar refractivity (Wildman–Crippen MR) is 78.9 cm³/mol. The maximum absolute atomic E-state index is 10.9. The zero-order valence-electron chi connectivity index (χ0n) is 10.6. The summed E-state index contributed by atoms with van der Waals surface area (Å²) in [6.45, 7) is 0. The monoisotopic (exact) mass is 272 g/mol. The van der Waals surface area contributed by atoms with Crippen LogP contribution in [0.3, 0.4) is 0 Å². The van der Waals surface area contributed by atoms with Gasteiger partial charge in [-0.3, -0.25) is 0 Å². The highest BCUT2D eigenvalue weighted by Crippen LogP contribution is 2.20.